The third-order valence-corrected chi connectivity index (χ3v) is 5.24. The molecule has 6 nitrogen and oxygen atoms in total. The molecule has 2 N–H and O–H groups in total. The minimum Gasteiger partial charge on any atom is -0.386 e. The van der Waals surface area contributed by atoms with E-state index in [9.17, 15) is 19.8 Å². The predicted octanol–water partition coefficient (Wildman–Crippen LogP) is 2.15. The fourth-order valence-corrected chi connectivity index (χ4v) is 2.95. The second-order valence-corrected chi connectivity index (χ2v) is 7.02. The van der Waals surface area contributed by atoms with Gasteiger partial charge in [0, 0.05) is 14.1 Å². The van der Waals surface area contributed by atoms with Gasteiger partial charge in [-0.15, -0.1) is 0 Å². The lowest BCUT2D eigenvalue weighted by molar-refractivity contribution is -0.154. The van der Waals surface area contributed by atoms with Gasteiger partial charge in [-0.25, -0.2) is 0 Å². The summed E-state index contributed by atoms with van der Waals surface area (Å²) in [5.41, 5.74) is 1.34. The molecule has 0 aliphatic rings. The Morgan fingerprint density at radius 2 is 0.964 bits per heavy atom. The Kier molecular flexibility index (Phi) is 7.31. The van der Waals surface area contributed by atoms with Crippen LogP contribution in [0.5, 0.6) is 0 Å². The van der Waals surface area contributed by atoms with Gasteiger partial charge in [-0.1, -0.05) is 60.7 Å². The third-order valence-electron chi connectivity index (χ3n) is 5.24. The normalized spacial score (nSPS) is 15.2. The van der Waals surface area contributed by atoms with E-state index in [0.29, 0.717) is 11.1 Å². The van der Waals surface area contributed by atoms with Gasteiger partial charge in [0.05, 0.1) is 24.3 Å². The second-order valence-electron chi connectivity index (χ2n) is 7.02. The van der Waals surface area contributed by atoms with E-state index in [1.54, 1.807) is 62.4 Å². The van der Waals surface area contributed by atoms with E-state index >= 15 is 0 Å². The van der Waals surface area contributed by atoms with Crippen molar-refractivity contribution >= 4 is 11.8 Å². The van der Waals surface area contributed by atoms with E-state index in [4.69, 9.17) is 0 Å². The molecule has 2 aromatic carbocycles. The first-order valence-electron chi connectivity index (χ1n) is 9.25. The standard InChI is InChI=1S/C22H28N2O4/c1-15(19(25)17-11-7-5-8-12-17)23(3)21(27)22(28)24(4)16(2)20(26)18-13-9-6-10-14-18/h5-16,19-20,25-26H,1-4H3/t15-,16-,19+,20+/m0/s1. The lowest BCUT2D eigenvalue weighted by Crippen LogP contribution is -2.50. The van der Waals surface area contributed by atoms with Gasteiger partial charge in [-0.3, -0.25) is 9.59 Å². The Hall–Kier alpha value is -2.70. The number of benzene rings is 2. The monoisotopic (exact) mass is 384 g/mol. The zero-order chi connectivity index (χ0) is 20.8. The molecule has 0 unspecified atom stereocenters. The lowest BCUT2D eigenvalue weighted by Gasteiger charge is -2.33. The summed E-state index contributed by atoms with van der Waals surface area (Å²) in [5.74, 6) is -1.48. The van der Waals surface area contributed by atoms with Gasteiger partial charge in [0.1, 0.15) is 0 Å². The SMILES string of the molecule is C[C@@H]([C@@H](O)c1ccccc1)N(C)C(=O)C(=O)N(C)[C@@H](C)[C@@H](O)c1ccccc1. The fourth-order valence-electron chi connectivity index (χ4n) is 2.95. The molecule has 28 heavy (non-hydrogen) atoms. The molecule has 2 amide bonds. The summed E-state index contributed by atoms with van der Waals surface area (Å²) in [6.07, 6.45) is -1.83. The second kappa shape index (κ2) is 9.48. The molecule has 0 aromatic heterocycles. The maximum atomic E-state index is 12.7. The minimum atomic E-state index is -0.916. The molecule has 150 valence electrons. The van der Waals surface area contributed by atoms with Crippen LogP contribution in [0.2, 0.25) is 0 Å². The summed E-state index contributed by atoms with van der Waals surface area (Å²) < 4.78 is 0. The maximum Gasteiger partial charge on any atom is 0.312 e. The van der Waals surface area contributed by atoms with Gasteiger partial charge < -0.3 is 20.0 Å². The van der Waals surface area contributed by atoms with Gasteiger partial charge in [0.25, 0.3) is 0 Å². The molecule has 0 spiro atoms. The van der Waals surface area contributed by atoms with Crippen LogP contribution in [-0.4, -0.2) is 58.0 Å². The van der Waals surface area contributed by atoms with E-state index in [1.807, 2.05) is 12.1 Å². The van der Waals surface area contributed by atoms with E-state index in [0.717, 1.165) is 0 Å². The summed E-state index contributed by atoms with van der Waals surface area (Å²) in [6.45, 7) is 3.37. The maximum absolute atomic E-state index is 12.7. The van der Waals surface area contributed by atoms with Crippen LogP contribution in [0.4, 0.5) is 0 Å². The van der Waals surface area contributed by atoms with E-state index in [2.05, 4.69) is 0 Å². The first-order chi connectivity index (χ1) is 13.3. The lowest BCUT2D eigenvalue weighted by atomic mass is 10.0. The number of hydrogen-bond donors (Lipinski definition) is 2. The van der Waals surface area contributed by atoms with Crippen LogP contribution in [0.1, 0.15) is 37.2 Å². The van der Waals surface area contributed by atoms with Crippen molar-refractivity contribution in [3.05, 3.63) is 71.8 Å². The largest absolute Gasteiger partial charge is 0.386 e. The number of aliphatic hydroxyl groups is 2. The van der Waals surface area contributed by atoms with Crippen molar-refractivity contribution in [3.63, 3.8) is 0 Å². The molecule has 0 aliphatic carbocycles. The van der Waals surface area contributed by atoms with Gasteiger partial charge in [-0.05, 0) is 25.0 Å². The van der Waals surface area contributed by atoms with Crippen molar-refractivity contribution in [1.82, 2.24) is 9.80 Å². The summed E-state index contributed by atoms with van der Waals surface area (Å²) in [4.78, 5) is 27.8. The molecular formula is C22H28N2O4. The highest BCUT2D eigenvalue weighted by atomic mass is 16.3. The molecule has 0 saturated heterocycles. The van der Waals surface area contributed by atoms with E-state index in [1.165, 1.54) is 23.9 Å². The molecule has 2 rings (SSSR count). The van der Waals surface area contributed by atoms with Crippen LogP contribution in [0, 0.1) is 0 Å². The fraction of sp³-hybridized carbons (Fsp3) is 0.364. The van der Waals surface area contributed by atoms with E-state index < -0.39 is 36.1 Å². The number of nitrogens with zero attached hydrogens (tertiary/aromatic N) is 2. The third kappa shape index (κ3) is 4.77. The zero-order valence-corrected chi connectivity index (χ0v) is 16.7. The van der Waals surface area contributed by atoms with Crippen molar-refractivity contribution in [2.45, 2.75) is 38.1 Å². The minimum absolute atomic E-state index is 0.596. The Labute approximate surface area is 166 Å². The molecule has 0 heterocycles. The van der Waals surface area contributed by atoms with Crippen LogP contribution in [0.25, 0.3) is 0 Å². The predicted molar refractivity (Wildman–Crippen MR) is 107 cm³/mol. The van der Waals surface area contributed by atoms with Crippen LogP contribution in [-0.2, 0) is 9.59 Å². The number of likely N-dealkylation sites (N-methyl/N-ethyl adjacent to an activating group) is 2. The molecule has 0 saturated carbocycles. The van der Waals surface area contributed by atoms with Crippen LogP contribution in [0.15, 0.2) is 60.7 Å². The summed E-state index contributed by atoms with van der Waals surface area (Å²) in [5, 5.41) is 21.0. The molecule has 2 aromatic rings. The summed E-state index contributed by atoms with van der Waals surface area (Å²) in [7, 11) is 2.98. The smallest absolute Gasteiger partial charge is 0.312 e. The highest BCUT2D eigenvalue weighted by Crippen LogP contribution is 2.22. The van der Waals surface area contributed by atoms with E-state index in [-0.39, 0.29) is 0 Å². The van der Waals surface area contributed by atoms with Crippen LogP contribution >= 0.6 is 0 Å². The van der Waals surface area contributed by atoms with Crippen LogP contribution < -0.4 is 0 Å². The Morgan fingerprint density at radius 1 is 0.679 bits per heavy atom. The van der Waals surface area contributed by atoms with Crippen molar-refractivity contribution in [2.75, 3.05) is 14.1 Å². The van der Waals surface area contributed by atoms with Gasteiger partial charge in [0.2, 0.25) is 0 Å². The Bertz CT molecular complexity index is 714. The molecule has 0 aliphatic heterocycles. The van der Waals surface area contributed by atoms with Gasteiger partial charge >= 0.3 is 11.8 Å². The molecule has 0 bridgehead atoms. The van der Waals surface area contributed by atoms with Crippen molar-refractivity contribution in [3.8, 4) is 0 Å². The average Bonchev–Trinajstić information content (AvgIpc) is 2.76. The summed E-state index contributed by atoms with van der Waals surface area (Å²) >= 11 is 0. The topological polar surface area (TPSA) is 81.1 Å². The number of amides is 2. The quantitative estimate of drug-likeness (QED) is 0.748. The highest BCUT2D eigenvalue weighted by Gasteiger charge is 2.33. The molecule has 0 radical (unpaired) electrons. The summed E-state index contributed by atoms with van der Waals surface area (Å²) in [6, 6.07) is 16.8. The van der Waals surface area contributed by atoms with Crippen molar-refractivity contribution in [1.29, 1.82) is 0 Å². The molecule has 6 heteroatoms. The van der Waals surface area contributed by atoms with Crippen LogP contribution in [0.3, 0.4) is 0 Å². The highest BCUT2D eigenvalue weighted by molar-refractivity contribution is 6.34. The number of hydrogen-bond acceptors (Lipinski definition) is 4. The van der Waals surface area contributed by atoms with Gasteiger partial charge in [-0.2, -0.15) is 0 Å². The van der Waals surface area contributed by atoms with Crippen molar-refractivity contribution in [2.24, 2.45) is 0 Å². The zero-order valence-electron chi connectivity index (χ0n) is 16.7. The Morgan fingerprint density at radius 3 is 1.25 bits per heavy atom. The number of rotatable bonds is 6. The number of carbonyl (C=O) groups excluding carboxylic acids is 2. The van der Waals surface area contributed by atoms with Gasteiger partial charge in [0.15, 0.2) is 0 Å². The first-order valence-corrected chi connectivity index (χ1v) is 9.25. The molecule has 4 atom stereocenters. The first kappa shape index (κ1) is 21.6. The Balaban J connectivity index is 2.06. The van der Waals surface area contributed by atoms with Crippen molar-refractivity contribution < 1.29 is 19.8 Å². The molecular weight excluding hydrogens is 356 g/mol. The number of carbonyl (C=O) groups is 2. The average molecular weight is 384 g/mol. The molecule has 0 fully saturated rings. The number of aliphatic hydroxyl groups excluding tert-OH is 2.